The van der Waals surface area contributed by atoms with Gasteiger partial charge in [-0.2, -0.15) is 5.10 Å². The van der Waals surface area contributed by atoms with Crippen LogP contribution in [0.25, 0.3) is 0 Å². The molecule has 126 valence electrons. The van der Waals surface area contributed by atoms with Gasteiger partial charge in [0.15, 0.2) is 5.15 Å². The predicted molar refractivity (Wildman–Crippen MR) is 88.3 cm³/mol. The van der Waals surface area contributed by atoms with Crippen molar-refractivity contribution in [2.24, 2.45) is 17.8 Å². The fourth-order valence-corrected chi connectivity index (χ4v) is 3.92. The van der Waals surface area contributed by atoms with Crippen LogP contribution in [-0.2, 0) is 11.2 Å². The summed E-state index contributed by atoms with van der Waals surface area (Å²) in [6, 6.07) is 3.75. The molecule has 6 heteroatoms. The van der Waals surface area contributed by atoms with E-state index >= 15 is 0 Å². The van der Waals surface area contributed by atoms with Gasteiger partial charge in [0, 0.05) is 13.1 Å². The first-order valence-electron chi connectivity index (χ1n) is 8.26. The highest BCUT2D eigenvalue weighted by Gasteiger charge is 2.43. The number of likely N-dealkylation sites (tertiary alicyclic amines) is 1. The number of carbonyl (C=O) groups is 1. The van der Waals surface area contributed by atoms with Crippen LogP contribution in [-0.4, -0.2) is 39.9 Å². The van der Waals surface area contributed by atoms with Crippen LogP contribution in [0.15, 0.2) is 12.1 Å². The Morgan fingerprint density at radius 1 is 1.26 bits per heavy atom. The van der Waals surface area contributed by atoms with E-state index in [4.69, 9.17) is 16.3 Å². The first-order chi connectivity index (χ1) is 10.8. The fourth-order valence-electron chi connectivity index (χ4n) is 3.82. The van der Waals surface area contributed by atoms with Crippen molar-refractivity contribution in [3.63, 3.8) is 0 Å². The van der Waals surface area contributed by atoms with Gasteiger partial charge in [0.1, 0.15) is 5.60 Å². The Bertz CT molecular complexity index is 556. The molecule has 2 fully saturated rings. The van der Waals surface area contributed by atoms with E-state index in [0.717, 1.165) is 38.0 Å². The zero-order valence-electron chi connectivity index (χ0n) is 14.0. The topological polar surface area (TPSA) is 55.3 Å². The van der Waals surface area contributed by atoms with Gasteiger partial charge in [-0.3, -0.25) is 0 Å². The molecule has 0 N–H and O–H groups in total. The predicted octanol–water partition coefficient (Wildman–Crippen LogP) is 3.57. The minimum absolute atomic E-state index is 0.174. The van der Waals surface area contributed by atoms with E-state index in [9.17, 15) is 4.79 Å². The summed E-state index contributed by atoms with van der Waals surface area (Å²) in [6.07, 6.45) is 3.07. The first-order valence-corrected chi connectivity index (χ1v) is 8.64. The molecule has 0 aromatic carbocycles. The summed E-state index contributed by atoms with van der Waals surface area (Å²) < 4.78 is 5.48. The maximum absolute atomic E-state index is 12.2. The molecular weight excluding hydrogens is 314 g/mol. The average molecular weight is 338 g/mol. The van der Waals surface area contributed by atoms with Crippen molar-refractivity contribution in [2.75, 3.05) is 13.1 Å². The van der Waals surface area contributed by atoms with Crippen molar-refractivity contribution in [1.82, 2.24) is 15.1 Å². The highest BCUT2D eigenvalue weighted by atomic mass is 35.5. The minimum Gasteiger partial charge on any atom is -0.444 e. The largest absolute Gasteiger partial charge is 0.444 e. The summed E-state index contributed by atoms with van der Waals surface area (Å²) in [5.74, 6) is 1.81. The molecule has 0 bridgehead atoms. The van der Waals surface area contributed by atoms with Crippen LogP contribution in [0.3, 0.4) is 0 Å². The summed E-state index contributed by atoms with van der Waals surface area (Å²) in [5, 5.41) is 8.50. The molecule has 0 spiro atoms. The molecule has 1 saturated carbocycles. The Morgan fingerprint density at radius 2 is 1.91 bits per heavy atom. The molecule has 1 aromatic heterocycles. The summed E-state index contributed by atoms with van der Waals surface area (Å²) in [6.45, 7) is 7.37. The zero-order valence-corrected chi connectivity index (χ0v) is 14.7. The lowest BCUT2D eigenvalue weighted by Crippen LogP contribution is -2.36. The number of nitrogens with zero attached hydrogens (tertiary/aromatic N) is 3. The van der Waals surface area contributed by atoms with Gasteiger partial charge < -0.3 is 9.64 Å². The van der Waals surface area contributed by atoms with Crippen LogP contribution in [0.2, 0.25) is 5.15 Å². The van der Waals surface area contributed by atoms with Crippen molar-refractivity contribution >= 4 is 17.7 Å². The second-order valence-corrected chi connectivity index (χ2v) is 8.18. The fraction of sp³-hybridized carbons (Fsp3) is 0.706. The van der Waals surface area contributed by atoms with E-state index in [1.54, 1.807) is 6.07 Å². The Hall–Kier alpha value is -1.36. The summed E-state index contributed by atoms with van der Waals surface area (Å²) in [5.41, 5.74) is 0.577. The van der Waals surface area contributed by atoms with Gasteiger partial charge in [-0.1, -0.05) is 11.6 Å². The molecule has 1 aromatic rings. The maximum atomic E-state index is 12.2. The van der Waals surface area contributed by atoms with Gasteiger partial charge in [0.2, 0.25) is 0 Å². The van der Waals surface area contributed by atoms with E-state index in [0.29, 0.717) is 22.9 Å². The Morgan fingerprint density at radius 3 is 2.43 bits per heavy atom. The van der Waals surface area contributed by atoms with Crippen molar-refractivity contribution in [3.8, 4) is 0 Å². The molecule has 3 atom stereocenters. The lowest BCUT2D eigenvalue weighted by atomic mass is 9.99. The van der Waals surface area contributed by atoms with Gasteiger partial charge in [0.05, 0.1) is 5.69 Å². The number of carbonyl (C=O) groups excluding carboxylic acids is 1. The number of hydrogen-bond donors (Lipinski definition) is 0. The smallest absolute Gasteiger partial charge is 0.410 e. The monoisotopic (exact) mass is 337 g/mol. The number of fused-ring (bicyclic) bond motifs is 1. The molecule has 5 nitrogen and oxygen atoms in total. The third-order valence-electron chi connectivity index (χ3n) is 4.69. The van der Waals surface area contributed by atoms with Gasteiger partial charge >= 0.3 is 6.09 Å². The molecule has 1 amide bonds. The summed E-state index contributed by atoms with van der Waals surface area (Å²) in [7, 11) is 0. The van der Waals surface area contributed by atoms with Crippen LogP contribution in [0, 0.1) is 17.8 Å². The van der Waals surface area contributed by atoms with Gasteiger partial charge in [-0.25, -0.2) is 4.79 Å². The lowest BCUT2D eigenvalue weighted by molar-refractivity contribution is 0.0277. The maximum Gasteiger partial charge on any atom is 0.410 e. The van der Waals surface area contributed by atoms with E-state index in [2.05, 4.69) is 10.2 Å². The Kier molecular flexibility index (Phi) is 4.50. The van der Waals surface area contributed by atoms with Crippen molar-refractivity contribution in [1.29, 1.82) is 0 Å². The molecule has 23 heavy (non-hydrogen) atoms. The summed E-state index contributed by atoms with van der Waals surface area (Å²) in [4.78, 5) is 14.0. The molecule has 2 aliphatic rings. The summed E-state index contributed by atoms with van der Waals surface area (Å²) >= 11 is 5.77. The molecule has 1 unspecified atom stereocenters. The third-order valence-corrected chi connectivity index (χ3v) is 4.89. The molecule has 1 saturated heterocycles. The number of aromatic nitrogens is 2. The minimum atomic E-state index is -0.426. The number of hydrogen-bond acceptors (Lipinski definition) is 4. The quantitative estimate of drug-likeness (QED) is 0.828. The second-order valence-electron chi connectivity index (χ2n) is 7.79. The SMILES string of the molecule is CC(C)(C)OC(=O)N1C[C@H]2CC(Cc3ccc(Cl)nn3)C[C@H]2C1. The molecule has 3 rings (SSSR count). The van der Waals surface area contributed by atoms with Gasteiger partial charge in [-0.15, -0.1) is 5.10 Å². The number of ether oxygens (including phenoxy) is 1. The van der Waals surface area contributed by atoms with Crippen LogP contribution in [0.1, 0.15) is 39.3 Å². The number of amides is 1. The Labute approximate surface area is 142 Å². The van der Waals surface area contributed by atoms with Crippen molar-refractivity contribution < 1.29 is 9.53 Å². The van der Waals surface area contributed by atoms with Crippen LogP contribution >= 0.6 is 11.6 Å². The normalized spacial score (nSPS) is 27.1. The zero-order chi connectivity index (χ0) is 16.6. The first kappa shape index (κ1) is 16.5. The second kappa shape index (κ2) is 6.27. The van der Waals surface area contributed by atoms with Crippen molar-refractivity contribution in [2.45, 2.75) is 45.6 Å². The van der Waals surface area contributed by atoms with E-state index in [1.807, 2.05) is 31.7 Å². The number of halogens is 1. The van der Waals surface area contributed by atoms with Gasteiger partial charge in [0.25, 0.3) is 0 Å². The molecule has 1 aliphatic carbocycles. The van der Waals surface area contributed by atoms with E-state index in [1.165, 1.54) is 0 Å². The van der Waals surface area contributed by atoms with Crippen LogP contribution < -0.4 is 0 Å². The molecule has 1 aliphatic heterocycles. The average Bonchev–Trinajstić information content (AvgIpc) is 2.97. The molecule has 0 radical (unpaired) electrons. The van der Waals surface area contributed by atoms with E-state index in [-0.39, 0.29) is 6.09 Å². The third kappa shape index (κ3) is 4.14. The highest BCUT2D eigenvalue weighted by molar-refractivity contribution is 6.29. The van der Waals surface area contributed by atoms with Crippen LogP contribution in [0.5, 0.6) is 0 Å². The lowest BCUT2D eigenvalue weighted by Gasteiger charge is -2.25. The molecular formula is C17H24ClN3O2. The Balaban J connectivity index is 1.51. The standard InChI is InChI=1S/C17H24ClN3O2/c1-17(2,3)23-16(22)21-9-12-6-11(7-13(12)10-21)8-14-4-5-15(18)20-19-14/h4-5,11-13H,6-10H2,1-3H3/t11?,12-,13+. The van der Waals surface area contributed by atoms with E-state index < -0.39 is 5.60 Å². The van der Waals surface area contributed by atoms with Crippen molar-refractivity contribution in [3.05, 3.63) is 23.0 Å². The molecule has 2 heterocycles. The highest BCUT2D eigenvalue weighted by Crippen LogP contribution is 2.42. The van der Waals surface area contributed by atoms with Gasteiger partial charge in [-0.05, 0) is 69.9 Å². The number of rotatable bonds is 2. The van der Waals surface area contributed by atoms with Crippen LogP contribution in [0.4, 0.5) is 4.79 Å².